The number of piperazine rings is 1. The van der Waals surface area contributed by atoms with Gasteiger partial charge in [-0.3, -0.25) is 4.79 Å². The Morgan fingerprint density at radius 1 is 0.909 bits per heavy atom. The van der Waals surface area contributed by atoms with Crippen molar-refractivity contribution in [2.24, 2.45) is 0 Å². The Kier molecular flexibility index (Phi) is 4.61. The zero-order chi connectivity index (χ0) is 15.4. The number of hydrogen-bond donors (Lipinski definition) is 0. The molecule has 0 atom stereocenters. The highest BCUT2D eigenvalue weighted by Gasteiger charge is 2.22. The van der Waals surface area contributed by atoms with Gasteiger partial charge in [-0.1, -0.05) is 29.8 Å². The lowest BCUT2D eigenvalue weighted by atomic mass is 10.2. The molecule has 1 amide bonds. The summed E-state index contributed by atoms with van der Waals surface area (Å²) >= 11 is 5.91. The Hall–Kier alpha value is -2.04. The number of benzene rings is 2. The van der Waals surface area contributed by atoms with Gasteiger partial charge in [-0.05, 0) is 36.4 Å². The lowest BCUT2D eigenvalue weighted by molar-refractivity contribution is -0.110. The molecule has 0 N–H and O–H groups in total. The summed E-state index contributed by atoms with van der Waals surface area (Å²) in [5, 5.41) is 4.40. The molecule has 1 aliphatic heterocycles. The lowest BCUT2D eigenvalue weighted by Crippen LogP contribution is -2.53. The van der Waals surface area contributed by atoms with Crippen LogP contribution in [-0.2, 0) is 4.79 Å². The average molecular weight is 316 g/mol. The first-order chi connectivity index (χ1) is 10.8. The maximum Gasteiger partial charge on any atom is 0.228 e. The SMILES string of the molecule is O=CN(c1ccc(Cl)cc1)N1CCN(c2ccccc2)CC1. The summed E-state index contributed by atoms with van der Waals surface area (Å²) in [4.78, 5) is 13.8. The number of carbonyl (C=O) groups excluding carboxylic acids is 1. The number of amides is 1. The molecule has 22 heavy (non-hydrogen) atoms. The van der Waals surface area contributed by atoms with Crippen LogP contribution in [0.1, 0.15) is 0 Å². The maximum absolute atomic E-state index is 11.5. The largest absolute Gasteiger partial charge is 0.369 e. The molecule has 4 nitrogen and oxygen atoms in total. The van der Waals surface area contributed by atoms with Crippen molar-refractivity contribution in [3.05, 3.63) is 59.6 Å². The van der Waals surface area contributed by atoms with Gasteiger partial charge in [0.15, 0.2) is 0 Å². The van der Waals surface area contributed by atoms with Crippen LogP contribution in [0.2, 0.25) is 5.02 Å². The van der Waals surface area contributed by atoms with E-state index >= 15 is 0 Å². The molecule has 0 bridgehead atoms. The molecule has 0 unspecified atom stereocenters. The van der Waals surface area contributed by atoms with Gasteiger partial charge in [0, 0.05) is 36.9 Å². The highest BCUT2D eigenvalue weighted by molar-refractivity contribution is 6.30. The number of nitrogens with zero attached hydrogens (tertiary/aromatic N) is 3. The highest BCUT2D eigenvalue weighted by Crippen LogP contribution is 2.21. The van der Waals surface area contributed by atoms with E-state index in [0.717, 1.165) is 38.3 Å². The Bertz CT molecular complexity index is 610. The molecular weight excluding hydrogens is 298 g/mol. The predicted molar refractivity (Wildman–Crippen MR) is 90.2 cm³/mol. The van der Waals surface area contributed by atoms with Gasteiger partial charge in [0.1, 0.15) is 0 Å². The van der Waals surface area contributed by atoms with Gasteiger partial charge >= 0.3 is 0 Å². The molecule has 1 fully saturated rings. The van der Waals surface area contributed by atoms with Crippen molar-refractivity contribution in [3.63, 3.8) is 0 Å². The van der Waals surface area contributed by atoms with Gasteiger partial charge in [0.25, 0.3) is 0 Å². The van der Waals surface area contributed by atoms with Crippen LogP contribution in [0.5, 0.6) is 0 Å². The Labute approximate surface area is 135 Å². The summed E-state index contributed by atoms with van der Waals surface area (Å²) < 4.78 is 0. The maximum atomic E-state index is 11.5. The molecule has 3 rings (SSSR count). The van der Waals surface area contributed by atoms with E-state index in [1.54, 1.807) is 17.1 Å². The first-order valence-electron chi connectivity index (χ1n) is 7.33. The molecule has 1 heterocycles. The third-order valence-corrected chi connectivity index (χ3v) is 4.13. The first-order valence-corrected chi connectivity index (χ1v) is 7.71. The standard InChI is InChI=1S/C17H18ClN3O/c18-15-6-8-17(9-7-15)21(14-22)20-12-10-19(11-13-20)16-4-2-1-3-5-16/h1-9,14H,10-13H2. The normalized spacial score (nSPS) is 15.6. The predicted octanol–water partition coefficient (Wildman–Crippen LogP) is 3.04. The molecule has 2 aromatic carbocycles. The molecule has 0 spiro atoms. The number of hydrogen-bond acceptors (Lipinski definition) is 3. The van der Waals surface area contributed by atoms with Crippen LogP contribution in [0, 0.1) is 0 Å². The summed E-state index contributed by atoms with van der Waals surface area (Å²) in [5.41, 5.74) is 2.07. The Balaban J connectivity index is 1.67. The van der Waals surface area contributed by atoms with Crippen LogP contribution in [0.15, 0.2) is 54.6 Å². The summed E-state index contributed by atoms with van der Waals surface area (Å²) in [5.74, 6) is 0. The topological polar surface area (TPSA) is 26.8 Å². The molecule has 0 saturated carbocycles. The monoisotopic (exact) mass is 315 g/mol. The van der Waals surface area contributed by atoms with Crippen LogP contribution in [0.25, 0.3) is 0 Å². The minimum Gasteiger partial charge on any atom is -0.369 e. The zero-order valence-corrected chi connectivity index (χ0v) is 13.0. The van der Waals surface area contributed by atoms with Gasteiger partial charge in [0.05, 0.1) is 5.69 Å². The smallest absolute Gasteiger partial charge is 0.228 e. The van der Waals surface area contributed by atoms with E-state index in [2.05, 4.69) is 22.0 Å². The van der Waals surface area contributed by atoms with Gasteiger partial charge in [-0.25, -0.2) is 10.0 Å². The van der Waals surface area contributed by atoms with Crippen LogP contribution in [-0.4, -0.2) is 37.6 Å². The van der Waals surface area contributed by atoms with Crippen LogP contribution in [0.3, 0.4) is 0 Å². The molecule has 5 heteroatoms. The number of para-hydroxylation sites is 1. The molecular formula is C17H18ClN3O. The molecule has 0 radical (unpaired) electrons. The van der Waals surface area contributed by atoms with E-state index in [1.807, 2.05) is 30.3 Å². The minimum absolute atomic E-state index is 0.670. The van der Waals surface area contributed by atoms with Crippen LogP contribution < -0.4 is 9.91 Å². The Morgan fingerprint density at radius 3 is 2.14 bits per heavy atom. The second kappa shape index (κ2) is 6.81. The third-order valence-electron chi connectivity index (χ3n) is 3.87. The van der Waals surface area contributed by atoms with Gasteiger partial charge in [-0.15, -0.1) is 0 Å². The van der Waals surface area contributed by atoms with Crippen LogP contribution in [0.4, 0.5) is 11.4 Å². The fourth-order valence-electron chi connectivity index (χ4n) is 2.69. The fourth-order valence-corrected chi connectivity index (χ4v) is 2.82. The molecule has 0 aromatic heterocycles. The highest BCUT2D eigenvalue weighted by atomic mass is 35.5. The fraction of sp³-hybridized carbons (Fsp3) is 0.235. The minimum atomic E-state index is 0.670. The van der Waals surface area contributed by atoms with Crippen molar-refractivity contribution in [2.75, 3.05) is 36.1 Å². The summed E-state index contributed by atoms with van der Waals surface area (Å²) in [6.45, 7) is 3.39. The molecule has 0 aliphatic carbocycles. The third kappa shape index (κ3) is 3.24. The van der Waals surface area contributed by atoms with E-state index in [4.69, 9.17) is 11.6 Å². The van der Waals surface area contributed by atoms with Gasteiger partial charge < -0.3 is 4.90 Å². The van der Waals surface area contributed by atoms with Crippen molar-refractivity contribution < 1.29 is 4.79 Å². The summed E-state index contributed by atoms with van der Waals surface area (Å²) in [7, 11) is 0. The van der Waals surface area contributed by atoms with Crippen LogP contribution >= 0.6 is 11.6 Å². The molecule has 1 saturated heterocycles. The number of carbonyl (C=O) groups is 1. The lowest BCUT2D eigenvalue weighted by Gasteiger charge is -2.40. The van der Waals surface area contributed by atoms with Gasteiger partial charge in [-0.2, -0.15) is 0 Å². The molecule has 1 aliphatic rings. The quantitative estimate of drug-likeness (QED) is 0.811. The second-order valence-electron chi connectivity index (χ2n) is 5.20. The number of anilines is 2. The number of halogens is 1. The second-order valence-corrected chi connectivity index (χ2v) is 5.64. The molecule has 2 aromatic rings. The zero-order valence-electron chi connectivity index (χ0n) is 12.2. The van der Waals surface area contributed by atoms with Crippen molar-refractivity contribution in [2.45, 2.75) is 0 Å². The first kappa shape index (κ1) is 14.9. The van der Waals surface area contributed by atoms with E-state index in [1.165, 1.54) is 5.69 Å². The Morgan fingerprint density at radius 2 is 1.55 bits per heavy atom. The molecule has 114 valence electrons. The van der Waals surface area contributed by atoms with Crippen molar-refractivity contribution in [1.82, 2.24) is 5.01 Å². The van der Waals surface area contributed by atoms with E-state index in [-0.39, 0.29) is 0 Å². The van der Waals surface area contributed by atoms with E-state index in [0.29, 0.717) is 5.02 Å². The van der Waals surface area contributed by atoms with Crippen molar-refractivity contribution in [3.8, 4) is 0 Å². The summed E-state index contributed by atoms with van der Waals surface area (Å²) in [6, 6.07) is 17.7. The van der Waals surface area contributed by atoms with Crippen molar-refractivity contribution in [1.29, 1.82) is 0 Å². The van der Waals surface area contributed by atoms with E-state index < -0.39 is 0 Å². The van der Waals surface area contributed by atoms with Gasteiger partial charge in [0.2, 0.25) is 6.41 Å². The number of hydrazine groups is 1. The average Bonchev–Trinajstić information content (AvgIpc) is 2.59. The van der Waals surface area contributed by atoms with Crippen molar-refractivity contribution >= 4 is 29.4 Å². The van der Waals surface area contributed by atoms with E-state index in [9.17, 15) is 4.79 Å². The number of rotatable bonds is 4. The summed E-state index contributed by atoms with van der Waals surface area (Å²) in [6.07, 6.45) is 0.863.